The smallest absolute Gasteiger partial charge is 0.257 e. The Hall–Kier alpha value is -2.99. The van der Waals surface area contributed by atoms with Crippen molar-refractivity contribution in [1.82, 2.24) is 19.7 Å². The number of hydrogen-bond acceptors (Lipinski definition) is 4. The van der Waals surface area contributed by atoms with Gasteiger partial charge in [-0.3, -0.25) is 9.78 Å². The van der Waals surface area contributed by atoms with E-state index in [0.29, 0.717) is 24.3 Å². The molecule has 3 aromatic rings. The van der Waals surface area contributed by atoms with Crippen molar-refractivity contribution in [2.45, 2.75) is 26.1 Å². The normalized spacial score (nSPS) is 19.9. The molecule has 6 nitrogen and oxygen atoms in total. The Bertz CT molecular complexity index is 914. The molecule has 0 spiro atoms. The summed E-state index contributed by atoms with van der Waals surface area (Å²) in [5.74, 6) is -0.0296. The Morgan fingerprint density at radius 1 is 1.07 bits per heavy atom. The number of nitrogens with zero attached hydrogens (tertiary/aromatic N) is 4. The first-order chi connectivity index (χ1) is 13.1. The molecule has 0 N–H and O–H groups in total. The second kappa shape index (κ2) is 7.32. The molecule has 1 fully saturated rings. The summed E-state index contributed by atoms with van der Waals surface area (Å²) in [5, 5.41) is 4.70. The van der Waals surface area contributed by atoms with Crippen LogP contribution in [0.3, 0.4) is 0 Å². The lowest BCUT2D eigenvalue weighted by molar-refractivity contribution is -0.0586. The summed E-state index contributed by atoms with van der Waals surface area (Å²) in [6.45, 7) is 5.13. The molecule has 2 aromatic heterocycles. The first kappa shape index (κ1) is 17.4. The van der Waals surface area contributed by atoms with Crippen molar-refractivity contribution in [2.75, 3.05) is 13.1 Å². The number of carbonyl (C=O) groups is 1. The van der Waals surface area contributed by atoms with E-state index in [-0.39, 0.29) is 18.1 Å². The van der Waals surface area contributed by atoms with E-state index >= 15 is 0 Å². The summed E-state index contributed by atoms with van der Waals surface area (Å²) in [6, 6.07) is 13.6. The van der Waals surface area contributed by atoms with Crippen LogP contribution in [0.4, 0.5) is 0 Å². The number of aromatic nitrogens is 3. The van der Waals surface area contributed by atoms with Crippen molar-refractivity contribution >= 4 is 5.91 Å². The minimum absolute atomic E-state index is 0.0173. The quantitative estimate of drug-likeness (QED) is 0.718. The van der Waals surface area contributed by atoms with Gasteiger partial charge in [0.05, 0.1) is 23.5 Å². The molecule has 1 aliphatic rings. The maximum atomic E-state index is 13.3. The van der Waals surface area contributed by atoms with E-state index in [0.717, 1.165) is 11.3 Å². The molecule has 0 unspecified atom stereocenters. The van der Waals surface area contributed by atoms with E-state index in [1.165, 1.54) is 0 Å². The van der Waals surface area contributed by atoms with Crippen LogP contribution in [0.1, 0.15) is 24.2 Å². The van der Waals surface area contributed by atoms with Crippen LogP contribution in [0.5, 0.6) is 0 Å². The molecular formula is C21H22N4O2. The van der Waals surface area contributed by atoms with Crippen LogP contribution in [0, 0.1) is 0 Å². The van der Waals surface area contributed by atoms with Gasteiger partial charge in [-0.05, 0) is 38.1 Å². The number of carbonyl (C=O) groups excluding carboxylic acids is 1. The number of benzene rings is 1. The minimum Gasteiger partial charge on any atom is -0.372 e. The van der Waals surface area contributed by atoms with Crippen LogP contribution in [-0.2, 0) is 4.74 Å². The number of ether oxygens (including phenoxy) is 1. The number of morpholine rings is 1. The molecule has 1 aromatic carbocycles. The third-order valence-corrected chi connectivity index (χ3v) is 4.61. The highest BCUT2D eigenvalue weighted by Crippen LogP contribution is 2.25. The maximum absolute atomic E-state index is 13.3. The molecule has 0 radical (unpaired) electrons. The van der Waals surface area contributed by atoms with Gasteiger partial charge in [-0.2, -0.15) is 5.10 Å². The van der Waals surface area contributed by atoms with Gasteiger partial charge in [0.2, 0.25) is 0 Å². The zero-order chi connectivity index (χ0) is 18.8. The predicted molar refractivity (Wildman–Crippen MR) is 103 cm³/mol. The predicted octanol–water partition coefficient (Wildman–Crippen LogP) is 3.18. The fourth-order valence-corrected chi connectivity index (χ4v) is 3.47. The third kappa shape index (κ3) is 3.61. The van der Waals surface area contributed by atoms with Crippen molar-refractivity contribution < 1.29 is 9.53 Å². The van der Waals surface area contributed by atoms with Gasteiger partial charge in [0.15, 0.2) is 0 Å². The van der Waals surface area contributed by atoms with Crippen molar-refractivity contribution in [3.63, 3.8) is 0 Å². The van der Waals surface area contributed by atoms with E-state index in [1.54, 1.807) is 17.1 Å². The number of pyridine rings is 1. The molecular weight excluding hydrogens is 340 g/mol. The first-order valence-corrected chi connectivity index (χ1v) is 9.12. The lowest BCUT2D eigenvalue weighted by Gasteiger charge is -2.35. The van der Waals surface area contributed by atoms with Crippen molar-refractivity contribution in [3.05, 3.63) is 66.6 Å². The Morgan fingerprint density at radius 2 is 1.81 bits per heavy atom. The summed E-state index contributed by atoms with van der Waals surface area (Å²) < 4.78 is 7.52. The Kier molecular flexibility index (Phi) is 4.73. The number of amides is 1. The SMILES string of the molecule is C[C@@H]1CN(C(=O)c2cn(-c3ccccc3)nc2-c2cccnc2)C[C@H](C)O1. The molecule has 6 heteroatoms. The molecule has 1 aliphatic heterocycles. The van der Waals surface area contributed by atoms with Gasteiger partial charge in [-0.25, -0.2) is 4.68 Å². The van der Waals surface area contributed by atoms with Crippen molar-refractivity contribution in [1.29, 1.82) is 0 Å². The second-order valence-corrected chi connectivity index (χ2v) is 6.88. The van der Waals surface area contributed by atoms with Gasteiger partial charge in [-0.15, -0.1) is 0 Å². The minimum atomic E-state index is -0.0296. The Balaban J connectivity index is 1.76. The third-order valence-electron chi connectivity index (χ3n) is 4.61. The topological polar surface area (TPSA) is 60.2 Å². The molecule has 138 valence electrons. The van der Waals surface area contributed by atoms with Gasteiger partial charge in [0, 0.05) is 37.2 Å². The van der Waals surface area contributed by atoms with Crippen LogP contribution >= 0.6 is 0 Å². The molecule has 1 amide bonds. The van der Waals surface area contributed by atoms with Gasteiger partial charge < -0.3 is 9.64 Å². The largest absolute Gasteiger partial charge is 0.372 e. The lowest BCUT2D eigenvalue weighted by atomic mass is 10.1. The Morgan fingerprint density at radius 3 is 2.48 bits per heavy atom. The summed E-state index contributed by atoms with van der Waals surface area (Å²) in [7, 11) is 0. The van der Waals surface area contributed by atoms with E-state index in [1.807, 2.05) is 67.4 Å². The van der Waals surface area contributed by atoms with Crippen LogP contribution in [0.2, 0.25) is 0 Å². The van der Waals surface area contributed by atoms with Gasteiger partial charge in [0.1, 0.15) is 5.69 Å². The van der Waals surface area contributed by atoms with Crippen LogP contribution in [0.25, 0.3) is 16.9 Å². The molecule has 4 rings (SSSR count). The zero-order valence-corrected chi connectivity index (χ0v) is 15.4. The zero-order valence-electron chi connectivity index (χ0n) is 15.4. The van der Waals surface area contributed by atoms with Gasteiger partial charge in [-0.1, -0.05) is 18.2 Å². The molecule has 3 heterocycles. The standard InChI is InChI=1S/C21H22N4O2/c1-15-12-24(13-16(2)27-15)21(26)19-14-25(18-8-4-3-5-9-18)23-20(19)17-7-6-10-22-11-17/h3-11,14-16H,12-13H2,1-2H3/t15-,16+. The first-order valence-electron chi connectivity index (χ1n) is 9.12. The summed E-state index contributed by atoms with van der Waals surface area (Å²) in [4.78, 5) is 19.4. The van der Waals surface area contributed by atoms with Crippen LogP contribution < -0.4 is 0 Å². The number of hydrogen-bond donors (Lipinski definition) is 0. The van der Waals surface area contributed by atoms with E-state index in [9.17, 15) is 4.79 Å². The lowest BCUT2D eigenvalue weighted by Crippen LogP contribution is -2.48. The molecule has 0 aliphatic carbocycles. The number of para-hydroxylation sites is 1. The van der Waals surface area contributed by atoms with Gasteiger partial charge in [0.25, 0.3) is 5.91 Å². The van der Waals surface area contributed by atoms with E-state index in [4.69, 9.17) is 9.84 Å². The average Bonchev–Trinajstić information content (AvgIpc) is 3.13. The van der Waals surface area contributed by atoms with Crippen LogP contribution in [-0.4, -0.2) is 50.9 Å². The molecule has 0 bridgehead atoms. The highest BCUT2D eigenvalue weighted by molar-refractivity contribution is 6.00. The second-order valence-electron chi connectivity index (χ2n) is 6.88. The fraction of sp³-hybridized carbons (Fsp3) is 0.286. The molecule has 0 saturated carbocycles. The van der Waals surface area contributed by atoms with E-state index in [2.05, 4.69) is 4.98 Å². The molecule has 1 saturated heterocycles. The molecule has 27 heavy (non-hydrogen) atoms. The van der Waals surface area contributed by atoms with E-state index < -0.39 is 0 Å². The van der Waals surface area contributed by atoms with Crippen molar-refractivity contribution in [3.8, 4) is 16.9 Å². The monoisotopic (exact) mass is 362 g/mol. The summed E-state index contributed by atoms with van der Waals surface area (Å²) in [5.41, 5.74) is 2.95. The summed E-state index contributed by atoms with van der Waals surface area (Å²) >= 11 is 0. The van der Waals surface area contributed by atoms with Gasteiger partial charge >= 0.3 is 0 Å². The van der Waals surface area contributed by atoms with Crippen molar-refractivity contribution in [2.24, 2.45) is 0 Å². The average molecular weight is 362 g/mol. The Labute approximate surface area is 158 Å². The maximum Gasteiger partial charge on any atom is 0.257 e. The molecule has 2 atom stereocenters. The highest BCUT2D eigenvalue weighted by Gasteiger charge is 2.29. The number of rotatable bonds is 3. The highest BCUT2D eigenvalue weighted by atomic mass is 16.5. The fourth-order valence-electron chi connectivity index (χ4n) is 3.47. The summed E-state index contributed by atoms with van der Waals surface area (Å²) in [6.07, 6.45) is 5.29. The van der Waals surface area contributed by atoms with Crippen LogP contribution in [0.15, 0.2) is 61.1 Å².